The number of hydrogen-bond donors (Lipinski definition) is 2. The number of thiophene rings is 1. The number of carbonyl (C=O) groups excluding carboxylic acids is 1. The zero-order chi connectivity index (χ0) is 20.1. The molecular formula is C20H17N3O5S. The summed E-state index contributed by atoms with van der Waals surface area (Å²) in [6.07, 6.45) is 2.49. The molecule has 0 bridgehead atoms. The Morgan fingerprint density at radius 3 is 2.97 bits per heavy atom. The number of hydrogen-bond acceptors (Lipinski definition) is 6. The Bertz CT molecular complexity index is 1150. The summed E-state index contributed by atoms with van der Waals surface area (Å²) in [5.41, 5.74) is 2.47. The van der Waals surface area contributed by atoms with E-state index in [0.29, 0.717) is 40.5 Å². The maximum atomic E-state index is 12.9. The minimum absolute atomic E-state index is 0.0427. The molecule has 0 saturated carbocycles. The van der Waals surface area contributed by atoms with E-state index in [-0.39, 0.29) is 11.0 Å². The molecule has 2 amide bonds. The molecule has 2 aliphatic rings. The average molecular weight is 411 g/mol. The van der Waals surface area contributed by atoms with E-state index in [0.717, 1.165) is 29.1 Å². The van der Waals surface area contributed by atoms with Crippen LogP contribution in [0.25, 0.3) is 10.2 Å². The Balaban J connectivity index is 1.57. The number of amides is 2. The molecule has 0 unspecified atom stereocenters. The van der Waals surface area contributed by atoms with Crippen LogP contribution in [0.5, 0.6) is 5.75 Å². The Labute approximate surface area is 169 Å². The normalized spacial score (nSPS) is 18.2. The predicted molar refractivity (Wildman–Crippen MR) is 109 cm³/mol. The van der Waals surface area contributed by atoms with Crippen LogP contribution >= 0.6 is 11.3 Å². The van der Waals surface area contributed by atoms with E-state index in [1.165, 1.54) is 0 Å². The summed E-state index contributed by atoms with van der Waals surface area (Å²) in [7, 11) is 0. The van der Waals surface area contributed by atoms with Crippen molar-refractivity contribution in [1.82, 2.24) is 4.98 Å². The van der Waals surface area contributed by atoms with Gasteiger partial charge < -0.3 is 19.9 Å². The Morgan fingerprint density at radius 1 is 1.38 bits per heavy atom. The van der Waals surface area contributed by atoms with Crippen LogP contribution in [0.1, 0.15) is 21.7 Å². The van der Waals surface area contributed by atoms with Gasteiger partial charge in [-0.05, 0) is 36.8 Å². The lowest BCUT2D eigenvalue weighted by atomic mass is 10.1. The van der Waals surface area contributed by atoms with E-state index in [9.17, 15) is 14.7 Å². The summed E-state index contributed by atoms with van der Waals surface area (Å²) in [4.78, 5) is 31.0. The molecule has 2 N–H and O–H groups in total. The van der Waals surface area contributed by atoms with E-state index in [1.807, 2.05) is 25.1 Å². The number of aromatic nitrogens is 1. The Hall–Kier alpha value is -3.17. The van der Waals surface area contributed by atoms with E-state index >= 15 is 0 Å². The topological polar surface area (TPSA) is 101 Å². The molecule has 0 aliphatic carbocycles. The number of aryl methyl sites for hydroxylation is 1. The molecule has 1 saturated heterocycles. The number of rotatable bonds is 4. The first-order valence-electron chi connectivity index (χ1n) is 9.14. The van der Waals surface area contributed by atoms with Gasteiger partial charge in [-0.25, -0.2) is 14.6 Å². The third kappa shape index (κ3) is 2.90. The van der Waals surface area contributed by atoms with Crippen molar-refractivity contribution in [3.8, 4) is 5.75 Å². The summed E-state index contributed by atoms with van der Waals surface area (Å²) < 4.78 is 11.3. The summed E-state index contributed by atoms with van der Waals surface area (Å²) in [5, 5.41) is 12.8. The van der Waals surface area contributed by atoms with Crippen LogP contribution in [0.4, 0.5) is 21.9 Å². The van der Waals surface area contributed by atoms with Crippen LogP contribution in [0, 0.1) is 6.92 Å². The lowest BCUT2D eigenvalue weighted by molar-refractivity contribution is 0.0703. The second-order valence-electron chi connectivity index (χ2n) is 6.94. The van der Waals surface area contributed by atoms with Crippen LogP contribution in [0.15, 0.2) is 30.5 Å². The highest BCUT2D eigenvalue weighted by Gasteiger charge is 2.33. The number of pyridine rings is 1. The number of ether oxygens (including phenoxy) is 2. The Morgan fingerprint density at radius 2 is 2.24 bits per heavy atom. The quantitative estimate of drug-likeness (QED) is 0.669. The highest BCUT2D eigenvalue weighted by molar-refractivity contribution is 7.21. The van der Waals surface area contributed by atoms with Crippen LogP contribution in [-0.4, -0.2) is 41.4 Å². The fraction of sp³-hybridized carbons (Fsp3) is 0.250. The molecule has 9 heteroatoms. The largest absolute Gasteiger partial charge is 0.488 e. The zero-order valence-corrected chi connectivity index (χ0v) is 16.3. The molecule has 1 aromatic carbocycles. The molecule has 1 fully saturated rings. The van der Waals surface area contributed by atoms with Gasteiger partial charge in [0.2, 0.25) is 0 Å². The van der Waals surface area contributed by atoms with Crippen molar-refractivity contribution in [2.75, 3.05) is 23.4 Å². The zero-order valence-electron chi connectivity index (χ0n) is 15.5. The van der Waals surface area contributed by atoms with Crippen molar-refractivity contribution in [1.29, 1.82) is 0 Å². The molecule has 1 atom stereocenters. The molecule has 2 aliphatic heterocycles. The van der Waals surface area contributed by atoms with Crippen molar-refractivity contribution in [2.45, 2.75) is 19.4 Å². The van der Waals surface area contributed by atoms with Gasteiger partial charge in [-0.3, -0.25) is 4.90 Å². The molecule has 148 valence electrons. The van der Waals surface area contributed by atoms with Crippen molar-refractivity contribution < 1.29 is 24.2 Å². The maximum absolute atomic E-state index is 12.9. The molecule has 2 aromatic heterocycles. The van der Waals surface area contributed by atoms with Gasteiger partial charge in [0.1, 0.15) is 21.6 Å². The van der Waals surface area contributed by atoms with E-state index < -0.39 is 12.0 Å². The number of carbonyl (C=O) groups is 2. The summed E-state index contributed by atoms with van der Waals surface area (Å²) in [6, 6.07) is 6.88. The summed E-state index contributed by atoms with van der Waals surface area (Å²) in [5.74, 6) is -0.361. The first-order valence-corrected chi connectivity index (χ1v) is 9.95. The minimum atomic E-state index is -1.09. The highest BCUT2D eigenvalue weighted by atomic mass is 32.1. The second kappa shape index (κ2) is 6.71. The maximum Gasteiger partial charge on any atom is 0.348 e. The van der Waals surface area contributed by atoms with Crippen molar-refractivity contribution in [3.63, 3.8) is 0 Å². The van der Waals surface area contributed by atoms with E-state index in [1.54, 1.807) is 17.2 Å². The van der Waals surface area contributed by atoms with Gasteiger partial charge >= 0.3 is 12.0 Å². The van der Waals surface area contributed by atoms with Gasteiger partial charge in [0.15, 0.2) is 0 Å². The van der Waals surface area contributed by atoms with Gasteiger partial charge in [0.25, 0.3) is 0 Å². The van der Waals surface area contributed by atoms with Gasteiger partial charge in [0, 0.05) is 12.6 Å². The van der Waals surface area contributed by atoms with Crippen molar-refractivity contribution >= 4 is 50.6 Å². The van der Waals surface area contributed by atoms with Gasteiger partial charge in [-0.15, -0.1) is 11.3 Å². The monoisotopic (exact) mass is 411 g/mol. The van der Waals surface area contributed by atoms with E-state index in [4.69, 9.17) is 9.47 Å². The molecule has 3 aromatic rings. The SMILES string of the molecule is Cc1cc(O[C@@H]2CCOC2)ccc1N1C(=O)Nc2c(C(=O)O)sc3nccc1c23. The first kappa shape index (κ1) is 17.9. The number of benzene rings is 1. The number of nitrogens with zero attached hydrogens (tertiary/aromatic N) is 2. The molecule has 5 rings (SSSR count). The van der Waals surface area contributed by atoms with Gasteiger partial charge in [-0.2, -0.15) is 0 Å². The number of carboxylic acids is 1. The standard InChI is InChI=1S/C20H17N3O5S/c1-10-8-11(28-12-5-7-27-9-12)2-3-13(10)23-14-4-6-21-18-15(14)16(22-20(23)26)17(29-18)19(24)25/h2-4,6,8,12H,5,7,9H2,1H3,(H,22,26)(H,24,25)/t12-/m1/s1. The number of aromatic carboxylic acids is 1. The average Bonchev–Trinajstić information content (AvgIpc) is 3.32. The molecular weight excluding hydrogens is 394 g/mol. The summed E-state index contributed by atoms with van der Waals surface area (Å²) >= 11 is 1.05. The third-order valence-corrected chi connectivity index (χ3v) is 6.13. The van der Waals surface area contributed by atoms with Crippen LogP contribution in [-0.2, 0) is 4.74 Å². The molecule has 8 nitrogen and oxygen atoms in total. The lowest BCUT2D eigenvalue weighted by Crippen LogP contribution is -2.34. The fourth-order valence-electron chi connectivity index (χ4n) is 3.72. The van der Waals surface area contributed by atoms with Crippen molar-refractivity contribution in [3.05, 3.63) is 40.9 Å². The van der Waals surface area contributed by atoms with E-state index in [2.05, 4.69) is 10.3 Å². The van der Waals surface area contributed by atoms with Crippen LogP contribution in [0.3, 0.4) is 0 Å². The lowest BCUT2D eigenvalue weighted by Gasteiger charge is -2.29. The third-order valence-electron chi connectivity index (χ3n) is 5.04. The summed E-state index contributed by atoms with van der Waals surface area (Å²) in [6.45, 7) is 3.19. The minimum Gasteiger partial charge on any atom is -0.488 e. The fourth-order valence-corrected chi connectivity index (χ4v) is 4.68. The van der Waals surface area contributed by atoms with Gasteiger partial charge in [0.05, 0.1) is 35.7 Å². The Kier molecular flexibility index (Phi) is 4.14. The number of carboxylic acid groups (broad SMARTS) is 1. The molecule has 0 radical (unpaired) electrons. The molecule has 4 heterocycles. The number of anilines is 3. The van der Waals surface area contributed by atoms with Crippen LogP contribution < -0.4 is 15.0 Å². The second-order valence-corrected chi connectivity index (χ2v) is 7.94. The predicted octanol–water partition coefficient (Wildman–Crippen LogP) is 4.15. The number of urea groups is 1. The smallest absolute Gasteiger partial charge is 0.348 e. The molecule has 0 spiro atoms. The van der Waals surface area contributed by atoms with Gasteiger partial charge in [-0.1, -0.05) is 0 Å². The molecule has 29 heavy (non-hydrogen) atoms. The van der Waals surface area contributed by atoms with Crippen molar-refractivity contribution in [2.24, 2.45) is 0 Å². The first-order chi connectivity index (χ1) is 14.0. The van der Waals surface area contributed by atoms with Crippen LogP contribution in [0.2, 0.25) is 0 Å². The number of nitrogens with one attached hydrogen (secondary N) is 1. The highest BCUT2D eigenvalue weighted by Crippen LogP contribution is 2.46.